The van der Waals surface area contributed by atoms with Crippen molar-refractivity contribution in [2.75, 3.05) is 12.3 Å². The maximum Gasteiger partial charge on any atom is 0.355 e. The second-order valence-corrected chi connectivity index (χ2v) is 4.03. The van der Waals surface area contributed by atoms with Crippen LogP contribution < -0.4 is 5.73 Å². The number of nitrogen functional groups attached to an aromatic ring is 1. The first-order valence-corrected chi connectivity index (χ1v) is 5.85. The second-order valence-electron chi connectivity index (χ2n) is 4.03. The van der Waals surface area contributed by atoms with E-state index in [4.69, 9.17) is 10.5 Å². The van der Waals surface area contributed by atoms with E-state index in [0.717, 1.165) is 16.7 Å². The van der Waals surface area contributed by atoms with E-state index in [-0.39, 0.29) is 5.97 Å². The number of aromatic amines is 1. The van der Waals surface area contributed by atoms with Crippen molar-refractivity contribution in [1.29, 1.82) is 0 Å². The van der Waals surface area contributed by atoms with Crippen LogP contribution in [0.5, 0.6) is 0 Å². The number of rotatable bonds is 3. The molecule has 18 heavy (non-hydrogen) atoms. The third-order valence-corrected chi connectivity index (χ3v) is 2.79. The van der Waals surface area contributed by atoms with Gasteiger partial charge in [-0.05, 0) is 25.5 Å². The topological polar surface area (TPSA) is 68.1 Å². The molecule has 4 heteroatoms. The molecular weight excluding hydrogens is 228 g/mol. The van der Waals surface area contributed by atoms with E-state index in [0.29, 0.717) is 18.0 Å². The number of aryl methyl sites for hydroxylation is 1. The van der Waals surface area contributed by atoms with E-state index in [1.165, 1.54) is 0 Å². The highest BCUT2D eigenvalue weighted by Gasteiger charge is 2.19. The second kappa shape index (κ2) is 4.96. The van der Waals surface area contributed by atoms with Gasteiger partial charge in [-0.15, -0.1) is 0 Å². The van der Waals surface area contributed by atoms with Gasteiger partial charge in [0.25, 0.3) is 0 Å². The molecule has 1 heterocycles. The summed E-state index contributed by atoms with van der Waals surface area (Å²) in [6, 6.07) is 7.48. The average Bonchev–Trinajstić information content (AvgIpc) is 2.72. The molecule has 0 bridgehead atoms. The number of para-hydroxylation sites is 1. The molecule has 1 aromatic carbocycles. The summed E-state index contributed by atoms with van der Waals surface area (Å²) in [5.74, 6) is -0.358. The predicted molar refractivity (Wildman–Crippen MR) is 71.3 cm³/mol. The van der Waals surface area contributed by atoms with E-state index < -0.39 is 0 Å². The lowest BCUT2D eigenvalue weighted by molar-refractivity contribution is 0.0521. The fourth-order valence-electron chi connectivity index (χ4n) is 1.96. The van der Waals surface area contributed by atoms with Crippen molar-refractivity contribution < 1.29 is 9.53 Å². The Hall–Kier alpha value is -2.23. The standard InChI is InChI=1S/C14H16N2O2/c1-3-18-14(17)13-12(9(2)8-16-13)10-6-4-5-7-11(10)15/h4-8,16H,3,15H2,1-2H3. The SMILES string of the molecule is CCOC(=O)c1[nH]cc(C)c1-c1ccccc1N. The van der Waals surface area contributed by atoms with Crippen molar-refractivity contribution in [2.24, 2.45) is 0 Å². The number of aromatic nitrogens is 1. The zero-order valence-corrected chi connectivity index (χ0v) is 10.5. The molecule has 0 unspecified atom stereocenters. The minimum Gasteiger partial charge on any atom is -0.461 e. The van der Waals surface area contributed by atoms with Gasteiger partial charge in [0.1, 0.15) is 5.69 Å². The maximum absolute atomic E-state index is 11.9. The van der Waals surface area contributed by atoms with Crippen molar-refractivity contribution in [3.63, 3.8) is 0 Å². The lowest BCUT2D eigenvalue weighted by Crippen LogP contribution is -2.07. The molecule has 0 aliphatic carbocycles. The summed E-state index contributed by atoms with van der Waals surface area (Å²) in [5.41, 5.74) is 9.68. The molecule has 94 valence electrons. The Morgan fingerprint density at radius 2 is 2.11 bits per heavy atom. The molecular formula is C14H16N2O2. The minimum atomic E-state index is -0.358. The van der Waals surface area contributed by atoms with Crippen LogP contribution >= 0.6 is 0 Å². The summed E-state index contributed by atoms with van der Waals surface area (Å²) in [5, 5.41) is 0. The van der Waals surface area contributed by atoms with Crippen molar-refractivity contribution in [3.05, 3.63) is 41.7 Å². The van der Waals surface area contributed by atoms with Gasteiger partial charge in [-0.2, -0.15) is 0 Å². The molecule has 0 spiro atoms. The summed E-state index contributed by atoms with van der Waals surface area (Å²) in [7, 11) is 0. The Kier molecular flexibility index (Phi) is 3.37. The number of H-pyrrole nitrogens is 1. The lowest BCUT2D eigenvalue weighted by atomic mass is 10.0. The zero-order valence-electron chi connectivity index (χ0n) is 10.5. The lowest BCUT2D eigenvalue weighted by Gasteiger charge is -2.08. The van der Waals surface area contributed by atoms with Crippen molar-refractivity contribution in [1.82, 2.24) is 4.98 Å². The van der Waals surface area contributed by atoms with E-state index in [9.17, 15) is 4.79 Å². The van der Waals surface area contributed by atoms with Crippen LogP contribution in [0.25, 0.3) is 11.1 Å². The number of hydrogen-bond acceptors (Lipinski definition) is 3. The molecule has 0 saturated carbocycles. The number of hydrogen-bond donors (Lipinski definition) is 2. The number of esters is 1. The third kappa shape index (κ3) is 2.09. The normalized spacial score (nSPS) is 10.3. The van der Waals surface area contributed by atoms with Gasteiger partial charge >= 0.3 is 5.97 Å². The van der Waals surface area contributed by atoms with Gasteiger partial charge < -0.3 is 15.5 Å². The Balaban J connectivity index is 2.54. The molecule has 2 rings (SSSR count). The van der Waals surface area contributed by atoms with Crippen molar-refractivity contribution in [3.8, 4) is 11.1 Å². The van der Waals surface area contributed by atoms with Gasteiger partial charge in [0.05, 0.1) is 6.61 Å². The number of benzene rings is 1. The van der Waals surface area contributed by atoms with E-state index in [1.807, 2.05) is 31.2 Å². The fraction of sp³-hybridized carbons (Fsp3) is 0.214. The van der Waals surface area contributed by atoms with Gasteiger partial charge in [0.2, 0.25) is 0 Å². The fourth-order valence-corrected chi connectivity index (χ4v) is 1.96. The highest BCUT2D eigenvalue weighted by molar-refractivity contribution is 5.98. The van der Waals surface area contributed by atoms with Crippen LogP contribution in [-0.4, -0.2) is 17.6 Å². The number of carbonyl (C=O) groups is 1. The van der Waals surface area contributed by atoms with Crippen LogP contribution in [0.3, 0.4) is 0 Å². The molecule has 4 nitrogen and oxygen atoms in total. The van der Waals surface area contributed by atoms with Gasteiger partial charge in [-0.1, -0.05) is 18.2 Å². The van der Waals surface area contributed by atoms with Gasteiger partial charge in [-0.3, -0.25) is 0 Å². The van der Waals surface area contributed by atoms with E-state index in [1.54, 1.807) is 13.1 Å². The molecule has 0 atom stereocenters. The van der Waals surface area contributed by atoms with Crippen LogP contribution in [0.4, 0.5) is 5.69 Å². The summed E-state index contributed by atoms with van der Waals surface area (Å²) in [6.45, 7) is 4.06. The Morgan fingerprint density at radius 3 is 2.78 bits per heavy atom. The summed E-state index contributed by atoms with van der Waals surface area (Å²) < 4.78 is 5.03. The highest BCUT2D eigenvalue weighted by atomic mass is 16.5. The molecule has 0 aliphatic rings. The van der Waals surface area contributed by atoms with E-state index in [2.05, 4.69) is 4.98 Å². The summed E-state index contributed by atoms with van der Waals surface area (Å²) in [6.07, 6.45) is 1.79. The Labute approximate surface area is 106 Å². The summed E-state index contributed by atoms with van der Waals surface area (Å²) in [4.78, 5) is 14.8. The zero-order chi connectivity index (χ0) is 13.1. The minimum absolute atomic E-state index is 0.348. The van der Waals surface area contributed by atoms with Crippen LogP contribution in [0.15, 0.2) is 30.5 Å². The van der Waals surface area contributed by atoms with Crippen molar-refractivity contribution in [2.45, 2.75) is 13.8 Å². The number of ether oxygens (including phenoxy) is 1. The van der Waals surface area contributed by atoms with Crippen LogP contribution in [-0.2, 0) is 4.74 Å². The average molecular weight is 244 g/mol. The van der Waals surface area contributed by atoms with Crippen LogP contribution in [0.2, 0.25) is 0 Å². The molecule has 1 aromatic heterocycles. The van der Waals surface area contributed by atoms with Gasteiger partial charge in [-0.25, -0.2) is 4.79 Å². The molecule has 0 amide bonds. The number of nitrogens with one attached hydrogen (secondary N) is 1. The van der Waals surface area contributed by atoms with Gasteiger partial charge in [0.15, 0.2) is 0 Å². The molecule has 2 aromatic rings. The third-order valence-electron chi connectivity index (χ3n) is 2.79. The van der Waals surface area contributed by atoms with Gasteiger partial charge in [0, 0.05) is 23.0 Å². The number of carbonyl (C=O) groups excluding carboxylic acids is 1. The summed E-state index contributed by atoms with van der Waals surface area (Å²) >= 11 is 0. The molecule has 0 fully saturated rings. The quantitative estimate of drug-likeness (QED) is 0.644. The Morgan fingerprint density at radius 1 is 1.39 bits per heavy atom. The Bertz CT molecular complexity index is 573. The van der Waals surface area contributed by atoms with E-state index >= 15 is 0 Å². The molecule has 0 radical (unpaired) electrons. The first-order chi connectivity index (χ1) is 8.65. The predicted octanol–water partition coefficient (Wildman–Crippen LogP) is 2.75. The van der Waals surface area contributed by atoms with Crippen molar-refractivity contribution >= 4 is 11.7 Å². The maximum atomic E-state index is 11.9. The molecule has 0 aliphatic heterocycles. The smallest absolute Gasteiger partial charge is 0.355 e. The first kappa shape index (κ1) is 12.2. The van der Waals surface area contributed by atoms with Crippen LogP contribution in [0, 0.1) is 6.92 Å². The number of nitrogens with two attached hydrogens (primary N) is 1. The number of anilines is 1. The molecule has 0 saturated heterocycles. The highest BCUT2D eigenvalue weighted by Crippen LogP contribution is 2.31. The largest absolute Gasteiger partial charge is 0.461 e. The first-order valence-electron chi connectivity index (χ1n) is 5.85. The van der Waals surface area contributed by atoms with Crippen LogP contribution in [0.1, 0.15) is 23.0 Å². The molecule has 3 N–H and O–H groups in total. The monoisotopic (exact) mass is 244 g/mol.